The van der Waals surface area contributed by atoms with Gasteiger partial charge in [0.25, 0.3) is 5.91 Å². The quantitative estimate of drug-likeness (QED) is 0.769. The van der Waals surface area contributed by atoms with E-state index in [9.17, 15) is 19.1 Å². The molecule has 2 aromatic carbocycles. The van der Waals surface area contributed by atoms with Crippen molar-refractivity contribution in [2.24, 2.45) is 0 Å². The van der Waals surface area contributed by atoms with E-state index in [4.69, 9.17) is 4.42 Å². The van der Waals surface area contributed by atoms with Crippen molar-refractivity contribution >= 4 is 16.9 Å². The molecule has 3 aromatic rings. The Morgan fingerprint density at radius 2 is 2.00 bits per heavy atom. The average Bonchev–Trinajstić information content (AvgIpc) is 2.93. The maximum Gasteiger partial charge on any atom is 0.290 e. The minimum Gasteiger partial charge on any atom is -0.450 e. The van der Waals surface area contributed by atoms with Crippen molar-refractivity contribution in [2.45, 2.75) is 19.4 Å². The summed E-state index contributed by atoms with van der Waals surface area (Å²) in [5, 5.41) is 9.58. The highest BCUT2D eigenvalue weighted by atomic mass is 19.1. The maximum absolute atomic E-state index is 13.8. The number of fused-ring (bicyclic) bond motifs is 2. The van der Waals surface area contributed by atoms with E-state index in [2.05, 4.69) is 0 Å². The number of hydrogen-bond donors (Lipinski definition) is 1. The molecular weight excluding hydrogens is 349 g/mol. The molecule has 27 heavy (non-hydrogen) atoms. The largest absolute Gasteiger partial charge is 0.450 e. The van der Waals surface area contributed by atoms with Gasteiger partial charge in [0, 0.05) is 13.2 Å². The van der Waals surface area contributed by atoms with Crippen LogP contribution in [0.25, 0.3) is 11.0 Å². The Kier molecular flexibility index (Phi) is 4.28. The van der Waals surface area contributed by atoms with E-state index in [1.54, 1.807) is 24.3 Å². The van der Waals surface area contributed by atoms with Crippen molar-refractivity contribution < 1.29 is 18.7 Å². The molecule has 1 unspecified atom stereocenters. The third kappa shape index (κ3) is 2.82. The van der Waals surface area contributed by atoms with Gasteiger partial charge in [-0.2, -0.15) is 0 Å². The summed E-state index contributed by atoms with van der Waals surface area (Å²) in [5.74, 6) is -0.882. The zero-order chi connectivity index (χ0) is 19.1. The number of carbonyl (C=O) groups excluding carboxylic acids is 1. The second-order valence-corrected chi connectivity index (χ2v) is 6.71. The number of benzene rings is 2. The summed E-state index contributed by atoms with van der Waals surface area (Å²) in [6, 6.07) is 10.3. The van der Waals surface area contributed by atoms with Gasteiger partial charge in [0.2, 0.25) is 5.76 Å². The molecule has 6 heteroatoms. The summed E-state index contributed by atoms with van der Waals surface area (Å²) in [5.41, 5.74) is 1.68. The Bertz CT molecular complexity index is 1110. The number of amides is 1. The lowest BCUT2D eigenvalue weighted by Crippen LogP contribution is -2.31. The van der Waals surface area contributed by atoms with Crippen molar-refractivity contribution in [3.05, 3.63) is 81.0 Å². The van der Waals surface area contributed by atoms with E-state index in [-0.39, 0.29) is 29.9 Å². The summed E-state index contributed by atoms with van der Waals surface area (Å²) in [4.78, 5) is 27.6. The molecule has 0 spiro atoms. The number of halogens is 1. The summed E-state index contributed by atoms with van der Waals surface area (Å²) in [7, 11) is 0. The van der Waals surface area contributed by atoms with E-state index >= 15 is 0 Å². The Morgan fingerprint density at radius 3 is 2.74 bits per heavy atom. The minimum absolute atomic E-state index is 0.0106. The molecule has 1 amide bonds. The molecule has 1 aliphatic rings. The van der Waals surface area contributed by atoms with Crippen LogP contribution in [0, 0.1) is 12.7 Å². The molecule has 1 N–H and O–H groups in total. The predicted octanol–water partition coefficient (Wildman–Crippen LogP) is 3.17. The molecule has 1 aromatic heterocycles. The number of aliphatic hydroxyl groups is 1. The van der Waals surface area contributed by atoms with E-state index in [0.717, 1.165) is 5.56 Å². The van der Waals surface area contributed by atoms with Gasteiger partial charge in [-0.15, -0.1) is 0 Å². The molecule has 0 saturated carbocycles. The van der Waals surface area contributed by atoms with Crippen LogP contribution < -0.4 is 5.43 Å². The second-order valence-electron chi connectivity index (χ2n) is 6.71. The van der Waals surface area contributed by atoms with Gasteiger partial charge in [0.15, 0.2) is 5.43 Å². The van der Waals surface area contributed by atoms with Gasteiger partial charge in [0.05, 0.1) is 17.0 Å². The van der Waals surface area contributed by atoms with Crippen LogP contribution in [0.5, 0.6) is 0 Å². The van der Waals surface area contributed by atoms with Crippen LogP contribution >= 0.6 is 0 Å². The molecule has 138 valence electrons. The standard InChI is InChI=1S/C21H18FNO4/c1-12-6-7-16-15(10-12)19(25)17-18(13-4-2-5-14(22)11-13)23(8-3-9-24)21(26)20(17)27-16/h2,4-7,10-11,18,24H,3,8-9H2,1H3. The SMILES string of the molecule is Cc1ccc2oc3c(c(=O)c2c1)C(c1cccc(F)c1)N(CCCO)C3=O. The lowest BCUT2D eigenvalue weighted by molar-refractivity contribution is 0.0716. The van der Waals surface area contributed by atoms with Crippen LogP contribution in [0.4, 0.5) is 4.39 Å². The van der Waals surface area contributed by atoms with Crippen molar-refractivity contribution in [3.8, 4) is 0 Å². The minimum atomic E-state index is -0.740. The third-order valence-electron chi connectivity index (χ3n) is 4.84. The Morgan fingerprint density at radius 1 is 1.19 bits per heavy atom. The van der Waals surface area contributed by atoms with Crippen LogP contribution in [-0.2, 0) is 0 Å². The molecule has 0 bridgehead atoms. The normalized spacial score (nSPS) is 16.2. The smallest absolute Gasteiger partial charge is 0.290 e. The first-order valence-electron chi connectivity index (χ1n) is 8.76. The Hall–Kier alpha value is -2.99. The zero-order valence-corrected chi connectivity index (χ0v) is 14.7. The number of aryl methyl sites for hydroxylation is 1. The monoisotopic (exact) mass is 367 g/mol. The van der Waals surface area contributed by atoms with Crippen LogP contribution in [0.15, 0.2) is 51.7 Å². The second kappa shape index (κ2) is 6.63. The molecule has 0 saturated heterocycles. The van der Waals surface area contributed by atoms with Gasteiger partial charge in [-0.1, -0.05) is 23.8 Å². The van der Waals surface area contributed by atoms with Crippen LogP contribution in [0.1, 0.15) is 39.7 Å². The van der Waals surface area contributed by atoms with Gasteiger partial charge in [-0.25, -0.2) is 4.39 Å². The summed E-state index contributed by atoms with van der Waals surface area (Å²) in [6.45, 7) is 2.00. The van der Waals surface area contributed by atoms with Crippen molar-refractivity contribution in [2.75, 3.05) is 13.2 Å². The van der Waals surface area contributed by atoms with Gasteiger partial charge in [0.1, 0.15) is 11.4 Å². The molecule has 5 nitrogen and oxygen atoms in total. The number of carbonyl (C=O) groups is 1. The fourth-order valence-corrected chi connectivity index (χ4v) is 3.63. The van der Waals surface area contributed by atoms with Crippen molar-refractivity contribution in [1.29, 1.82) is 0 Å². The molecule has 0 fully saturated rings. The lowest BCUT2D eigenvalue weighted by atomic mass is 9.98. The van der Waals surface area contributed by atoms with Crippen molar-refractivity contribution in [3.63, 3.8) is 0 Å². The van der Waals surface area contributed by atoms with Gasteiger partial charge in [-0.3, -0.25) is 9.59 Å². The highest BCUT2D eigenvalue weighted by Gasteiger charge is 2.42. The third-order valence-corrected chi connectivity index (χ3v) is 4.84. The van der Waals surface area contributed by atoms with Crippen LogP contribution in [0.3, 0.4) is 0 Å². The fraction of sp³-hybridized carbons (Fsp3) is 0.238. The fourth-order valence-electron chi connectivity index (χ4n) is 3.63. The zero-order valence-electron chi connectivity index (χ0n) is 14.7. The predicted molar refractivity (Wildman–Crippen MR) is 98.2 cm³/mol. The molecule has 0 radical (unpaired) electrons. The number of aliphatic hydroxyl groups excluding tert-OH is 1. The Labute approximate surface area is 154 Å². The van der Waals surface area contributed by atoms with Gasteiger partial charge >= 0.3 is 0 Å². The number of nitrogens with zero attached hydrogens (tertiary/aromatic N) is 1. The average molecular weight is 367 g/mol. The first-order valence-corrected chi connectivity index (χ1v) is 8.76. The van der Waals surface area contributed by atoms with Gasteiger partial charge in [-0.05, 0) is 43.2 Å². The van der Waals surface area contributed by atoms with E-state index < -0.39 is 17.8 Å². The van der Waals surface area contributed by atoms with E-state index in [1.165, 1.54) is 17.0 Å². The topological polar surface area (TPSA) is 70.8 Å². The molecule has 1 atom stereocenters. The summed E-state index contributed by atoms with van der Waals surface area (Å²) < 4.78 is 19.6. The molecule has 4 rings (SSSR count). The summed E-state index contributed by atoms with van der Waals surface area (Å²) in [6.07, 6.45) is 0.346. The number of hydrogen-bond acceptors (Lipinski definition) is 4. The number of rotatable bonds is 4. The highest BCUT2D eigenvalue weighted by molar-refractivity contribution is 5.99. The van der Waals surface area contributed by atoms with Crippen LogP contribution in [0.2, 0.25) is 0 Å². The lowest BCUT2D eigenvalue weighted by Gasteiger charge is -2.24. The van der Waals surface area contributed by atoms with Gasteiger partial charge < -0.3 is 14.4 Å². The highest BCUT2D eigenvalue weighted by Crippen LogP contribution is 2.38. The molecule has 1 aliphatic heterocycles. The summed E-state index contributed by atoms with van der Waals surface area (Å²) >= 11 is 0. The van der Waals surface area contributed by atoms with E-state index in [0.29, 0.717) is 23.0 Å². The first kappa shape index (κ1) is 17.4. The van der Waals surface area contributed by atoms with Crippen molar-refractivity contribution in [1.82, 2.24) is 4.90 Å². The molecule has 2 heterocycles. The molecular formula is C21H18FNO4. The Balaban J connectivity index is 1.99. The molecule has 0 aliphatic carbocycles. The first-order chi connectivity index (χ1) is 13.0. The van der Waals surface area contributed by atoms with Crippen LogP contribution in [-0.4, -0.2) is 29.1 Å². The maximum atomic E-state index is 13.8. The van der Waals surface area contributed by atoms with E-state index in [1.807, 2.05) is 13.0 Å².